The predicted molar refractivity (Wildman–Crippen MR) is 94.2 cm³/mol. The molecule has 0 bridgehead atoms. The van der Waals surface area contributed by atoms with Crippen LogP contribution in [0.15, 0.2) is 42.5 Å². The summed E-state index contributed by atoms with van der Waals surface area (Å²) in [4.78, 5) is 24.9. The molecule has 0 heterocycles. The van der Waals surface area contributed by atoms with Gasteiger partial charge < -0.3 is 10.0 Å². The van der Waals surface area contributed by atoms with Gasteiger partial charge in [0.15, 0.2) is 0 Å². The zero-order valence-corrected chi connectivity index (χ0v) is 15.1. The minimum atomic E-state index is -4.81. The van der Waals surface area contributed by atoms with E-state index in [2.05, 4.69) is 0 Å². The number of carbonyl (C=O) groups is 2. The molecule has 0 aliphatic heterocycles. The molecular formula is C20H19F4NO3. The number of hydrogen-bond acceptors (Lipinski definition) is 2. The molecule has 2 rings (SSSR count). The average Bonchev–Trinajstić information content (AvgIpc) is 2.64. The van der Waals surface area contributed by atoms with Gasteiger partial charge in [0.1, 0.15) is 5.82 Å². The minimum absolute atomic E-state index is 0.277. The molecule has 8 heteroatoms. The number of nitrogens with zero attached hydrogens (tertiary/aromatic N) is 1. The summed E-state index contributed by atoms with van der Waals surface area (Å²) in [5.74, 6) is -2.80. The predicted octanol–water partition coefficient (Wildman–Crippen LogP) is 4.52. The van der Waals surface area contributed by atoms with Gasteiger partial charge in [-0.3, -0.25) is 9.59 Å². The lowest BCUT2D eigenvalue weighted by Crippen LogP contribution is -2.34. The van der Waals surface area contributed by atoms with Crippen LogP contribution in [-0.4, -0.2) is 28.4 Å². The largest absolute Gasteiger partial charge is 0.481 e. The zero-order chi connectivity index (χ0) is 20.9. The van der Waals surface area contributed by atoms with Crippen LogP contribution in [0.1, 0.15) is 40.4 Å². The van der Waals surface area contributed by atoms with E-state index in [-0.39, 0.29) is 12.1 Å². The zero-order valence-electron chi connectivity index (χ0n) is 15.1. The molecule has 0 aromatic heterocycles. The molecule has 0 aliphatic carbocycles. The second-order valence-corrected chi connectivity index (χ2v) is 6.18. The SMILES string of the molecule is CCc1ccccc1C(=O)N(CCC(=O)O)Cc1ccc(F)cc1C(F)(F)F. The van der Waals surface area contributed by atoms with Gasteiger partial charge in [0.05, 0.1) is 12.0 Å². The summed E-state index contributed by atoms with van der Waals surface area (Å²) < 4.78 is 53.1. The van der Waals surface area contributed by atoms with Gasteiger partial charge in [-0.15, -0.1) is 0 Å². The Morgan fingerprint density at radius 3 is 2.36 bits per heavy atom. The third-order valence-electron chi connectivity index (χ3n) is 4.25. The highest BCUT2D eigenvalue weighted by Crippen LogP contribution is 2.33. The third-order valence-corrected chi connectivity index (χ3v) is 4.25. The standard InChI is InChI=1S/C20H19F4NO3/c1-2-13-5-3-4-6-16(13)19(28)25(10-9-18(26)27)12-14-7-8-15(21)11-17(14)20(22,23)24/h3-8,11H,2,9-10,12H2,1H3,(H,26,27). The first-order chi connectivity index (χ1) is 13.1. The fourth-order valence-electron chi connectivity index (χ4n) is 2.85. The Kier molecular flexibility index (Phi) is 6.77. The summed E-state index contributed by atoms with van der Waals surface area (Å²) in [5, 5.41) is 8.93. The molecule has 0 aliphatic rings. The Bertz CT molecular complexity index is 865. The van der Waals surface area contributed by atoms with Crippen molar-refractivity contribution in [2.45, 2.75) is 32.5 Å². The number of rotatable bonds is 7. The van der Waals surface area contributed by atoms with Gasteiger partial charge in [0.25, 0.3) is 5.91 Å². The van der Waals surface area contributed by atoms with Crippen LogP contribution in [-0.2, 0) is 23.9 Å². The highest BCUT2D eigenvalue weighted by atomic mass is 19.4. The molecule has 4 nitrogen and oxygen atoms in total. The molecule has 0 radical (unpaired) electrons. The molecule has 0 atom stereocenters. The van der Waals surface area contributed by atoms with Crippen LogP contribution in [0.25, 0.3) is 0 Å². The van der Waals surface area contributed by atoms with E-state index in [9.17, 15) is 27.2 Å². The molecule has 0 saturated carbocycles. The number of carboxylic acid groups (broad SMARTS) is 1. The Hall–Kier alpha value is -2.90. The summed E-state index contributed by atoms with van der Waals surface area (Å²) in [7, 11) is 0. The van der Waals surface area contributed by atoms with Gasteiger partial charge >= 0.3 is 12.1 Å². The number of carboxylic acids is 1. The lowest BCUT2D eigenvalue weighted by molar-refractivity contribution is -0.139. The van der Waals surface area contributed by atoms with Gasteiger partial charge in [0.2, 0.25) is 0 Å². The van der Waals surface area contributed by atoms with Crippen LogP contribution < -0.4 is 0 Å². The van der Waals surface area contributed by atoms with Crippen molar-refractivity contribution < 1.29 is 32.3 Å². The molecular weight excluding hydrogens is 378 g/mol. The number of benzene rings is 2. The molecule has 1 N–H and O–H groups in total. The first-order valence-corrected chi connectivity index (χ1v) is 8.58. The van der Waals surface area contributed by atoms with Crippen molar-refractivity contribution in [3.05, 3.63) is 70.5 Å². The maximum atomic E-state index is 13.3. The Balaban J connectivity index is 2.42. The molecule has 0 saturated heterocycles. The van der Waals surface area contributed by atoms with E-state index in [0.29, 0.717) is 23.6 Å². The minimum Gasteiger partial charge on any atom is -0.481 e. The maximum absolute atomic E-state index is 13.3. The number of alkyl halides is 3. The molecule has 150 valence electrons. The lowest BCUT2D eigenvalue weighted by Gasteiger charge is -2.25. The number of aryl methyl sites for hydroxylation is 1. The van der Waals surface area contributed by atoms with Gasteiger partial charge in [-0.2, -0.15) is 13.2 Å². The Morgan fingerprint density at radius 2 is 1.75 bits per heavy atom. The van der Waals surface area contributed by atoms with Crippen molar-refractivity contribution in [2.75, 3.05) is 6.54 Å². The molecule has 0 unspecified atom stereocenters. The van der Waals surface area contributed by atoms with Crippen LogP contribution in [0, 0.1) is 5.82 Å². The van der Waals surface area contributed by atoms with Crippen molar-refractivity contribution in [3.8, 4) is 0 Å². The van der Waals surface area contributed by atoms with E-state index in [4.69, 9.17) is 5.11 Å². The highest BCUT2D eigenvalue weighted by Gasteiger charge is 2.34. The smallest absolute Gasteiger partial charge is 0.416 e. The average molecular weight is 397 g/mol. The lowest BCUT2D eigenvalue weighted by atomic mass is 10.0. The van der Waals surface area contributed by atoms with Crippen LogP contribution in [0.4, 0.5) is 17.6 Å². The Morgan fingerprint density at radius 1 is 1.07 bits per heavy atom. The van der Waals surface area contributed by atoms with Gasteiger partial charge in [-0.25, -0.2) is 4.39 Å². The fraction of sp³-hybridized carbons (Fsp3) is 0.300. The second-order valence-electron chi connectivity index (χ2n) is 6.18. The van der Waals surface area contributed by atoms with Crippen LogP contribution >= 0.6 is 0 Å². The summed E-state index contributed by atoms with van der Waals surface area (Å²) in [6, 6.07) is 8.84. The molecule has 0 spiro atoms. The van der Waals surface area contributed by atoms with Gasteiger partial charge in [0, 0.05) is 18.7 Å². The highest BCUT2D eigenvalue weighted by molar-refractivity contribution is 5.95. The quantitative estimate of drug-likeness (QED) is 0.699. The molecule has 2 aromatic carbocycles. The summed E-state index contributed by atoms with van der Waals surface area (Å²) in [6.45, 7) is 1.07. The summed E-state index contributed by atoms with van der Waals surface area (Å²) in [5.41, 5.74) is -0.500. The van der Waals surface area contributed by atoms with E-state index in [1.807, 2.05) is 6.92 Å². The van der Waals surface area contributed by atoms with Crippen molar-refractivity contribution in [2.24, 2.45) is 0 Å². The maximum Gasteiger partial charge on any atom is 0.416 e. The van der Waals surface area contributed by atoms with E-state index < -0.39 is 42.4 Å². The van der Waals surface area contributed by atoms with E-state index >= 15 is 0 Å². The molecule has 28 heavy (non-hydrogen) atoms. The van der Waals surface area contributed by atoms with Crippen LogP contribution in [0.3, 0.4) is 0 Å². The molecule has 0 fully saturated rings. The van der Waals surface area contributed by atoms with Crippen molar-refractivity contribution >= 4 is 11.9 Å². The second kappa shape index (κ2) is 8.86. The number of amides is 1. The first-order valence-electron chi connectivity index (χ1n) is 8.58. The number of aliphatic carboxylic acids is 1. The normalized spacial score (nSPS) is 11.3. The van der Waals surface area contributed by atoms with E-state index in [1.165, 1.54) is 0 Å². The van der Waals surface area contributed by atoms with Gasteiger partial charge in [-0.1, -0.05) is 31.2 Å². The first kappa shape index (κ1) is 21.4. The van der Waals surface area contributed by atoms with E-state index in [1.54, 1.807) is 24.3 Å². The molecule has 2 aromatic rings. The molecule has 1 amide bonds. The topological polar surface area (TPSA) is 57.6 Å². The van der Waals surface area contributed by atoms with Crippen molar-refractivity contribution in [1.82, 2.24) is 4.90 Å². The summed E-state index contributed by atoms with van der Waals surface area (Å²) >= 11 is 0. The van der Waals surface area contributed by atoms with Crippen molar-refractivity contribution in [3.63, 3.8) is 0 Å². The van der Waals surface area contributed by atoms with E-state index in [0.717, 1.165) is 17.0 Å². The monoisotopic (exact) mass is 397 g/mol. The van der Waals surface area contributed by atoms with Gasteiger partial charge in [-0.05, 0) is 35.7 Å². The summed E-state index contributed by atoms with van der Waals surface area (Å²) in [6.07, 6.45) is -4.71. The Labute approximate surface area is 159 Å². The number of halogens is 4. The fourth-order valence-corrected chi connectivity index (χ4v) is 2.85. The number of hydrogen-bond donors (Lipinski definition) is 1. The van der Waals surface area contributed by atoms with Crippen LogP contribution in [0.5, 0.6) is 0 Å². The number of carbonyl (C=O) groups excluding carboxylic acids is 1. The van der Waals surface area contributed by atoms with Crippen LogP contribution in [0.2, 0.25) is 0 Å². The van der Waals surface area contributed by atoms with Crippen molar-refractivity contribution in [1.29, 1.82) is 0 Å². The third kappa shape index (κ3) is 5.31.